The Morgan fingerprint density at radius 2 is 1.77 bits per heavy atom. The van der Waals surface area contributed by atoms with Crippen molar-refractivity contribution in [1.82, 2.24) is 0 Å². The maximum Gasteiger partial charge on any atom is 0.273 e. The van der Waals surface area contributed by atoms with Gasteiger partial charge in [-0.15, -0.1) is 0 Å². The number of aryl methyl sites for hydroxylation is 1. The lowest BCUT2D eigenvalue weighted by molar-refractivity contribution is -0.385. The number of sulfonamides is 1. The predicted molar refractivity (Wildman–Crippen MR) is 81.6 cm³/mol. The SMILES string of the molecule is COc1cc([N+](=O)[O-])ccc1S(=O)(=O)Nc1ccc(C)cc1. The fraction of sp³-hybridized carbons (Fsp3) is 0.143. The molecule has 116 valence electrons. The molecule has 0 amide bonds. The van der Waals surface area contributed by atoms with Crippen LogP contribution in [0.2, 0.25) is 0 Å². The predicted octanol–water partition coefficient (Wildman–Crippen LogP) is 2.71. The van der Waals surface area contributed by atoms with Crippen molar-refractivity contribution in [1.29, 1.82) is 0 Å². The maximum absolute atomic E-state index is 12.4. The van der Waals surface area contributed by atoms with Crippen molar-refractivity contribution < 1.29 is 18.1 Å². The van der Waals surface area contributed by atoms with E-state index in [0.29, 0.717) is 5.69 Å². The van der Waals surface area contributed by atoms with Crippen molar-refractivity contribution in [2.24, 2.45) is 0 Å². The highest BCUT2D eigenvalue weighted by molar-refractivity contribution is 7.92. The highest BCUT2D eigenvalue weighted by Crippen LogP contribution is 2.29. The first-order valence-corrected chi connectivity index (χ1v) is 7.74. The number of non-ortho nitro benzene ring substituents is 1. The lowest BCUT2D eigenvalue weighted by atomic mass is 10.2. The van der Waals surface area contributed by atoms with Gasteiger partial charge in [-0.3, -0.25) is 14.8 Å². The third kappa shape index (κ3) is 3.34. The highest BCUT2D eigenvalue weighted by Gasteiger charge is 2.22. The summed E-state index contributed by atoms with van der Waals surface area (Å²) in [4.78, 5) is 9.95. The van der Waals surface area contributed by atoms with E-state index in [0.717, 1.165) is 23.8 Å². The second kappa shape index (κ2) is 6.02. The van der Waals surface area contributed by atoms with Crippen LogP contribution in [0.5, 0.6) is 5.75 Å². The fourth-order valence-electron chi connectivity index (χ4n) is 1.82. The van der Waals surface area contributed by atoms with Gasteiger partial charge in [-0.25, -0.2) is 8.42 Å². The van der Waals surface area contributed by atoms with E-state index in [-0.39, 0.29) is 16.3 Å². The number of nitrogens with one attached hydrogen (secondary N) is 1. The Kier molecular flexibility index (Phi) is 4.32. The Morgan fingerprint density at radius 1 is 1.14 bits per heavy atom. The second-order valence-electron chi connectivity index (χ2n) is 4.56. The average molecular weight is 322 g/mol. The van der Waals surface area contributed by atoms with Gasteiger partial charge < -0.3 is 4.74 Å². The van der Waals surface area contributed by atoms with Crippen LogP contribution in [0, 0.1) is 17.0 Å². The smallest absolute Gasteiger partial charge is 0.273 e. The zero-order valence-corrected chi connectivity index (χ0v) is 12.8. The number of rotatable bonds is 5. The molecule has 0 spiro atoms. The summed E-state index contributed by atoms with van der Waals surface area (Å²) in [6.45, 7) is 1.89. The van der Waals surface area contributed by atoms with E-state index in [2.05, 4.69) is 4.72 Å². The maximum atomic E-state index is 12.4. The molecular weight excluding hydrogens is 308 g/mol. The van der Waals surface area contributed by atoms with Crippen LogP contribution in [0.4, 0.5) is 11.4 Å². The first-order valence-electron chi connectivity index (χ1n) is 6.25. The third-order valence-electron chi connectivity index (χ3n) is 2.95. The van der Waals surface area contributed by atoms with Crippen molar-refractivity contribution in [3.8, 4) is 5.75 Å². The monoisotopic (exact) mass is 322 g/mol. The minimum absolute atomic E-state index is 0.0891. The molecule has 0 saturated carbocycles. The molecule has 0 atom stereocenters. The van der Waals surface area contributed by atoms with E-state index in [4.69, 9.17) is 4.74 Å². The van der Waals surface area contributed by atoms with Crippen LogP contribution in [0.3, 0.4) is 0 Å². The Hall–Kier alpha value is -2.61. The van der Waals surface area contributed by atoms with Crippen LogP contribution >= 0.6 is 0 Å². The molecule has 8 heteroatoms. The minimum atomic E-state index is -3.91. The van der Waals surface area contributed by atoms with Gasteiger partial charge in [0.05, 0.1) is 18.1 Å². The quantitative estimate of drug-likeness (QED) is 0.674. The number of nitro groups is 1. The van der Waals surface area contributed by atoms with Gasteiger partial charge in [-0.2, -0.15) is 0 Å². The summed E-state index contributed by atoms with van der Waals surface area (Å²) in [5.41, 5.74) is 1.15. The molecular formula is C14H14N2O5S. The average Bonchev–Trinajstić information content (AvgIpc) is 2.48. The summed E-state index contributed by atoms with van der Waals surface area (Å²) < 4.78 is 32.1. The van der Waals surface area contributed by atoms with Gasteiger partial charge in [0.15, 0.2) is 0 Å². The molecule has 0 aliphatic heterocycles. The molecule has 2 aromatic carbocycles. The van der Waals surface area contributed by atoms with E-state index in [1.807, 2.05) is 6.92 Å². The fourth-order valence-corrected chi connectivity index (χ4v) is 3.03. The first kappa shape index (κ1) is 15.8. The molecule has 2 aromatic rings. The number of hydrogen-bond donors (Lipinski definition) is 1. The number of nitrogens with zero attached hydrogens (tertiary/aromatic N) is 1. The first-order chi connectivity index (χ1) is 10.3. The van der Waals surface area contributed by atoms with Crippen LogP contribution in [-0.4, -0.2) is 20.5 Å². The van der Waals surface area contributed by atoms with Crippen molar-refractivity contribution in [3.63, 3.8) is 0 Å². The van der Waals surface area contributed by atoms with Crippen LogP contribution in [-0.2, 0) is 10.0 Å². The summed E-state index contributed by atoms with van der Waals surface area (Å²) in [7, 11) is -2.66. The van der Waals surface area contributed by atoms with Crippen LogP contribution in [0.1, 0.15) is 5.56 Å². The number of hydrogen-bond acceptors (Lipinski definition) is 5. The van der Waals surface area contributed by atoms with Crippen LogP contribution < -0.4 is 9.46 Å². The van der Waals surface area contributed by atoms with Gasteiger partial charge in [0.25, 0.3) is 15.7 Å². The number of nitro benzene ring substituents is 1. The Labute approximate surface area is 127 Å². The number of benzene rings is 2. The highest BCUT2D eigenvalue weighted by atomic mass is 32.2. The van der Waals surface area contributed by atoms with Crippen molar-refractivity contribution in [3.05, 3.63) is 58.1 Å². The zero-order valence-electron chi connectivity index (χ0n) is 11.9. The topological polar surface area (TPSA) is 98.5 Å². The molecule has 0 aliphatic rings. The van der Waals surface area contributed by atoms with Gasteiger partial charge in [0.2, 0.25) is 0 Å². The van der Waals surface area contributed by atoms with Gasteiger partial charge >= 0.3 is 0 Å². The molecule has 0 fully saturated rings. The van der Waals surface area contributed by atoms with Gasteiger partial charge in [-0.1, -0.05) is 17.7 Å². The van der Waals surface area contributed by atoms with Gasteiger partial charge in [0.1, 0.15) is 10.6 Å². The van der Waals surface area contributed by atoms with Crippen LogP contribution in [0.15, 0.2) is 47.4 Å². The second-order valence-corrected chi connectivity index (χ2v) is 6.21. The lowest BCUT2D eigenvalue weighted by Gasteiger charge is -2.11. The zero-order chi connectivity index (χ0) is 16.3. The molecule has 0 aliphatic carbocycles. The van der Waals surface area contributed by atoms with Crippen LogP contribution in [0.25, 0.3) is 0 Å². The van der Waals surface area contributed by atoms with Crippen molar-refractivity contribution in [2.75, 3.05) is 11.8 Å². The van der Waals surface area contributed by atoms with Gasteiger partial charge in [-0.05, 0) is 25.1 Å². The lowest BCUT2D eigenvalue weighted by Crippen LogP contribution is -2.14. The molecule has 7 nitrogen and oxygen atoms in total. The van der Waals surface area contributed by atoms with Crippen molar-refractivity contribution in [2.45, 2.75) is 11.8 Å². The van der Waals surface area contributed by atoms with Crippen molar-refractivity contribution >= 4 is 21.4 Å². The summed E-state index contributed by atoms with van der Waals surface area (Å²) in [5.74, 6) is -0.0891. The van der Waals surface area contributed by atoms with E-state index in [1.54, 1.807) is 24.3 Å². The van der Waals surface area contributed by atoms with E-state index < -0.39 is 14.9 Å². The standard InChI is InChI=1S/C14H14N2O5S/c1-10-3-5-11(6-4-10)15-22(19,20)14-8-7-12(16(17)18)9-13(14)21-2/h3-9,15H,1-2H3. The molecule has 0 aromatic heterocycles. The minimum Gasteiger partial charge on any atom is -0.495 e. The molecule has 0 bridgehead atoms. The number of methoxy groups -OCH3 is 1. The summed E-state index contributed by atoms with van der Waals surface area (Å²) >= 11 is 0. The molecule has 22 heavy (non-hydrogen) atoms. The molecule has 2 rings (SSSR count). The molecule has 1 N–H and O–H groups in total. The summed E-state index contributed by atoms with van der Waals surface area (Å²) in [6, 6.07) is 10.1. The summed E-state index contributed by atoms with van der Waals surface area (Å²) in [6.07, 6.45) is 0. The van der Waals surface area contributed by atoms with E-state index in [1.165, 1.54) is 7.11 Å². The Balaban J connectivity index is 2.40. The summed E-state index contributed by atoms with van der Waals surface area (Å²) in [5, 5.41) is 10.7. The molecule has 0 saturated heterocycles. The third-order valence-corrected chi connectivity index (χ3v) is 4.37. The molecule has 0 unspecified atom stereocenters. The van der Waals surface area contributed by atoms with E-state index in [9.17, 15) is 18.5 Å². The van der Waals surface area contributed by atoms with E-state index >= 15 is 0 Å². The molecule has 0 heterocycles. The Bertz CT molecular complexity index is 800. The number of ether oxygens (including phenoxy) is 1. The number of anilines is 1. The molecule has 0 radical (unpaired) electrons. The normalized spacial score (nSPS) is 11.0. The largest absolute Gasteiger partial charge is 0.495 e. The van der Waals surface area contributed by atoms with Gasteiger partial charge in [0, 0.05) is 11.8 Å². The Morgan fingerprint density at radius 3 is 2.32 bits per heavy atom.